The fourth-order valence-corrected chi connectivity index (χ4v) is 1.75. The Labute approximate surface area is 80.2 Å². The maximum Gasteiger partial charge on any atom is 0.0495 e. The van der Waals surface area contributed by atoms with Crippen LogP contribution in [0, 0.1) is 0 Å². The van der Waals surface area contributed by atoms with Crippen LogP contribution in [-0.2, 0) is 0 Å². The molecule has 1 spiro atoms. The van der Waals surface area contributed by atoms with E-state index in [4.69, 9.17) is 0 Å². The van der Waals surface area contributed by atoms with Crippen LogP contribution in [0.3, 0.4) is 0 Å². The molecule has 0 radical (unpaired) electrons. The van der Waals surface area contributed by atoms with Crippen molar-refractivity contribution in [2.24, 2.45) is 0 Å². The van der Waals surface area contributed by atoms with Crippen LogP contribution in [0.2, 0.25) is 0 Å². The van der Waals surface area contributed by atoms with Gasteiger partial charge in [-0.15, -0.1) is 0 Å². The lowest BCUT2D eigenvalue weighted by molar-refractivity contribution is 0.641. The number of rotatable bonds is 0. The van der Waals surface area contributed by atoms with Crippen LogP contribution in [0.1, 0.15) is 26.2 Å². The predicted molar refractivity (Wildman–Crippen MR) is 56.6 cm³/mol. The molecular formula is C12H17N. The van der Waals surface area contributed by atoms with E-state index in [0.29, 0.717) is 5.54 Å². The Bertz CT molecular complexity index is 267. The molecule has 1 N–H and O–H groups in total. The van der Waals surface area contributed by atoms with E-state index >= 15 is 0 Å². The van der Waals surface area contributed by atoms with Crippen LogP contribution in [-0.4, -0.2) is 12.1 Å². The van der Waals surface area contributed by atoms with E-state index in [1.54, 1.807) is 0 Å². The predicted octanol–water partition coefficient (Wildman–Crippen LogP) is 2.57. The summed E-state index contributed by atoms with van der Waals surface area (Å²) in [5, 5.41) is 3.44. The van der Waals surface area contributed by atoms with Gasteiger partial charge in [-0.25, -0.2) is 0 Å². The second kappa shape index (κ2) is 3.51. The number of hydrogen-bond donors (Lipinski definition) is 1. The lowest BCUT2D eigenvalue weighted by atomic mass is 10.00. The Morgan fingerprint density at radius 2 is 2.23 bits per heavy atom. The molecule has 0 aromatic carbocycles. The topological polar surface area (TPSA) is 21.9 Å². The molecule has 1 unspecified atom stereocenters. The average Bonchev–Trinajstić information content (AvgIpc) is 2.88. The third kappa shape index (κ3) is 2.31. The zero-order valence-corrected chi connectivity index (χ0v) is 8.22. The van der Waals surface area contributed by atoms with Gasteiger partial charge < -0.3 is 5.32 Å². The highest BCUT2D eigenvalue weighted by Gasteiger charge is 2.37. The van der Waals surface area contributed by atoms with Crippen LogP contribution in [0.5, 0.6) is 0 Å². The van der Waals surface area contributed by atoms with Gasteiger partial charge in [0.05, 0.1) is 0 Å². The minimum atomic E-state index is 0.365. The zero-order valence-electron chi connectivity index (χ0n) is 8.22. The Balaban J connectivity index is 2.07. The number of hydrogen-bond acceptors (Lipinski definition) is 1. The zero-order chi connectivity index (χ0) is 9.15. The van der Waals surface area contributed by atoms with Crippen molar-refractivity contribution in [1.82, 2.24) is 5.32 Å². The molecule has 0 aromatic rings. The molecule has 1 heteroatoms. The molecule has 0 bridgehead atoms. The summed E-state index contributed by atoms with van der Waals surface area (Å²) in [4.78, 5) is 0. The smallest absolute Gasteiger partial charge is 0.0495 e. The molecule has 1 heterocycles. The Morgan fingerprint density at radius 1 is 1.38 bits per heavy atom. The van der Waals surface area contributed by atoms with Crippen LogP contribution in [0.4, 0.5) is 0 Å². The van der Waals surface area contributed by atoms with Crippen LogP contribution < -0.4 is 5.32 Å². The van der Waals surface area contributed by atoms with Gasteiger partial charge in [0.1, 0.15) is 0 Å². The third-order valence-electron chi connectivity index (χ3n) is 2.81. The van der Waals surface area contributed by atoms with Gasteiger partial charge in [-0.1, -0.05) is 36.0 Å². The third-order valence-corrected chi connectivity index (χ3v) is 2.81. The molecular weight excluding hydrogens is 158 g/mol. The van der Waals surface area contributed by atoms with Crippen LogP contribution in [0.25, 0.3) is 0 Å². The maximum absolute atomic E-state index is 3.44. The molecule has 0 saturated carbocycles. The molecule has 0 amide bonds. The quantitative estimate of drug-likeness (QED) is 0.561. The van der Waals surface area contributed by atoms with Crippen molar-refractivity contribution in [3.63, 3.8) is 0 Å². The Hall–Kier alpha value is -0.820. The van der Waals surface area contributed by atoms with E-state index < -0.39 is 0 Å². The molecule has 1 atom stereocenters. The molecule has 2 rings (SSSR count). The first-order chi connectivity index (χ1) is 6.31. The van der Waals surface area contributed by atoms with E-state index in [1.165, 1.54) is 31.4 Å². The van der Waals surface area contributed by atoms with Gasteiger partial charge in [-0.2, -0.15) is 0 Å². The summed E-state index contributed by atoms with van der Waals surface area (Å²) in [7, 11) is 0. The molecule has 0 aromatic heterocycles. The second-order valence-electron chi connectivity index (χ2n) is 4.07. The highest BCUT2D eigenvalue weighted by molar-refractivity contribution is 5.26. The standard InChI is InChI=1S/C12H17N/c1-11-6-2-4-8-12(10-13-12)9-5-3-7-11/h2,4,6-8,13H,3,5,9-10H2,1H3/b6-2?,8-4-,11-7?. The van der Waals surface area contributed by atoms with E-state index in [9.17, 15) is 0 Å². The summed E-state index contributed by atoms with van der Waals surface area (Å²) < 4.78 is 0. The van der Waals surface area contributed by atoms with Gasteiger partial charge in [0, 0.05) is 12.1 Å². The van der Waals surface area contributed by atoms with Gasteiger partial charge in [-0.3, -0.25) is 0 Å². The molecule has 1 fully saturated rings. The Kier molecular flexibility index (Phi) is 2.36. The second-order valence-corrected chi connectivity index (χ2v) is 4.07. The highest BCUT2D eigenvalue weighted by atomic mass is 15.1. The van der Waals surface area contributed by atoms with Crippen molar-refractivity contribution in [2.45, 2.75) is 31.7 Å². The summed E-state index contributed by atoms with van der Waals surface area (Å²) in [6, 6.07) is 0. The Morgan fingerprint density at radius 3 is 3.00 bits per heavy atom. The molecule has 1 saturated heterocycles. The van der Waals surface area contributed by atoms with Crippen molar-refractivity contribution in [1.29, 1.82) is 0 Å². The van der Waals surface area contributed by atoms with Gasteiger partial charge in [0.2, 0.25) is 0 Å². The molecule has 1 aliphatic carbocycles. The summed E-state index contributed by atoms with van der Waals surface area (Å²) in [5.74, 6) is 0. The van der Waals surface area contributed by atoms with E-state index in [1.807, 2.05) is 0 Å². The van der Waals surface area contributed by atoms with Crippen molar-refractivity contribution < 1.29 is 0 Å². The summed E-state index contributed by atoms with van der Waals surface area (Å²) >= 11 is 0. The fraction of sp³-hybridized carbons (Fsp3) is 0.500. The minimum absolute atomic E-state index is 0.365. The van der Waals surface area contributed by atoms with E-state index in [2.05, 4.69) is 42.6 Å². The molecule has 70 valence electrons. The summed E-state index contributed by atoms with van der Waals surface area (Å²) in [6.45, 7) is 3.33. The lowest BCUT2D eigenvalue weighted by Gasteiger charge is -2.07. The van der Waals surface area contributed by atoms with Crippen molar-refractivity contribution >= 4 is 0 Å². The SMILES string of the molecule is CC1=CCCCC2(/C=C\C=C1)CN2. The minimum Gasteiger partial charge on any atom is -0.305 e. The maximum atomic E-state index is 3.44. The molecule has 13 heavy (non-hydrogen) atoms. The van der Waals surface area contributed by atoms with Crippen molar-refractivity contribution in [3.8, 4) is 0 Å². The van der Waals surface area contributed by atoms with Crippen LogP contribution >= 0.6 is 0 Å². The van der Waals surface area contributed by atoms with E-state index in [0.717, 1.165) is 0 Å². The first-order valence-electron chi connectivity index (χ1n) is 5.08. The van der Waals surface area contributed by atoms with Crippen LogP contribution in [0.15, 0.2) is 36.0 Å². The van der Waals surface area contributed by atoms with Gasteiger partial charge in [-0.05, 0) is 26.2 Å². The van der Waals surface area contributed by atoms with Crippen molar-refractivity contribution in [2.75, 3.05) is 6.54 Å². The monoisotopic (exact) mass is 175 g/mol. The van der Waals surface area contributed by atoms with Crippen molar-refractivity contribution in [3.05, 3.63) is 36.0 Å². The number of nitrogens with one attached hydrogen (secondary N) is 1. The summed E-state index contributed by atoms with van der Waals surface area (Å²) in [5.41, 5.74) is 1.74. The largest absolute Gasteiger partial charge is 0.305 e. The fourth-order valence-electron chi connectivity index (χ4n) is 1.75. The van der Waals surface area contributed by atoms with Gasteiger partial charge in [0.25, 0.3) is 0 Å². The average molecular weight is 175 g/mol. The lowest BCUT2D eigenvalue weighted by Crippen LogP contribution is -2.10. The molecule has 1 aliphatic heterocycles. The van der Waals surface area contributed by atoms with E-state index in [-0.39, 0.29) is 0 Å². The van der Waals surface area contributed by atoms with Gasteiger partial charge >= 0.3 is 0 Å². The first-order valence-corrected chi connectivity index (χ1v) is 5.08. The molecule has 1 nitrogen and oxygen atoms in total. The normalized spacial score (nSPS) is 35.6. The first kappa shape index (κ1) is 8.76. The van der Waals surface area contributed by atoms with Gasteiger partial charge in [0.15, 0.2) is 0 Å². The number of allylic oxidation sites excluding steroid dienone is 5. The molecule has 2 aliphatic rings. The summed E-state index contributed by atoms with van der Waals surface area (Å²) in [6.07, 6.45) is 14.9. The highest BCUT2D eigenvalue weighted by Crippen LogP contribution is 2.26.